The van der Waals surface area contributed by atoms with Gasteiger partial charge in [-0.3, -0.25) is 14.5 Å². The van der Waals surface area contributed by atoms with Crippen LogP contribution in [0.3, 0.4) is 0 Å². The van der Waals surface area contributed by atoms with E-state index in [0.717, 1.165) is 71.9 Å². The smallest absolute Gasteiger partial charge is 0.253 e. The van der Waals surface area contributed by atoms with Crippen molar-refractivity contribution in [2.45, 2.75) is 71.3 Å². The number of ether oxygens (including phenoxy) is 1. The molecule has 174 valence electrons. The molecule has 7 nitrogen and oxygen atoms in total. The first-order valence-corrected chi connectivity index (χ1v) is 12.2. The number of benzene rings is 1. The number of aryl methyl sites for hydroxylation is 1. The molecule has 33 heavy (non-hydrogen) atoms. The molecule has 1 fully saturated rings. The van der Waals surface area contributed by atoms with Gasteiger partial charge in [0.15, 0.2) is 0 Å². The molecule has 4 heterocycles. The SMILES string of the molecule is CCCN1C(=O)CCc2c(C)nc(C3CCN(C(=O)c4ccc5c(c4)C[C@H](C)O5)CC3)nc21. The predicted molar refractivity (Wildman–Crippen MR) is 126 cm³/mol. The minimum Gasteiger partial charge on any atom is -0.490 e. The summed E-state index contributed by atoms with van der Waals surface area (Å²) < 4.78 is 5.77. The molecule has 0 bridgehead atoms. The van der Waals surface area contributed by atoms with Crippen LogP contribution in [0.1, 0.15) is 78.5 Å². The molecule has 0 radical (unpaired) electrons. The molecule has 0 unspecified atom stereocenters. The van der Waals surface area contributed by atoms with E-state index in [9.17, 15) is 9.59 Å². The Bertz CT molecular complexity index is 1090. The third kappa shape index (κ3) is 4.09. The van der Waals surface area contributed by atoms with Crippen molar-refractivity contribution in [3.8, 4) is 5.75 Å². The Morgan fingerprint density at radius 3 is 2.73 bits per heavy atom. The summed E-state index contributed by atoms with van der Waals surface area (Å²) in [5.41, 5.74) is 3.94. The Hall–Kier alpha value is -2.96. The summed E-state index contributed by atoms with van der Waals surface area (Å²) in [6.45, 7) is 8.22. The maximum Gasteiger partial charge on any atom is 0.253 e. The number of piperidine rings is 1. The van der Waals surface area contributed by atoms with Gasteiger partial charge in [0.05, 0.1) is 0 Å². The minimum absolute atomic E-state index is 0.0815. The quantitative estimate of drug-likeness (QED) is 0.711. The number of nitrogens with zero attached hydrogens (tertiary/aromatic N) is 4. The second-order valence-electron chi connectivity index (χ2n) is 9.54. The molecule has 0 saturated carbocycles. The summed E-state index contributed by atoms with van der Waals surface area (Å²) in [4.78, 5) is 39.1. The highest BCUT2D eigenvalue weighted by atomic mass is 16.5. The van der Waals surface area contributed by atoms with Crippen molar-refractivity contribution in [2.75, 3.05) is 24.5 Å². The van der Waals surface area contributed by atoms with Gasteiger partial charge in [-0.15, -0.1) is 0 Å². The van der Waals surface area contributed by atoms with E-state index >= 15 is 0 Å². The lowest BCUT2D eigenvalue weighted by Crippen LogP contribution is -2.39. The van der Waals surface area contributed by atoms with Crippen LogP contribution in [-0.2, 0) is 17.6 Å². The van der Waals surface area contributed by atoms with Gasteiger partial charge in [0.1, 0.15) is 23.5 Å². The first kappa shape index (κ1) is 21.9. The summed E-state index contributed by atoms with van der Waals surface area (Å²) in [6.07, 6.45) is 4.84. The summed E-state index contributed by atoms with van der Waals surface area (Å²) in [6, 6.07) is 5.79. The monoisotopic (exact) mass is 448 g/mol. The Morgan fingerprint density at radius 1 is 1.18 bits per heavy atom. The summed E-state index contributed by atoms with van der Waals surface area (Å²) in [7, 11) is 0. The second kappa shape index (κ2) is 8.76. The van der Waals surface area contributed by atoms with Gasteiger partial charge in [0.2, 0.25) is 5.91 Å². The highest BCUT2D eigenvalue weighted by Crippen LogP contribution is 2.34. The molecule has 0 spiro atoms. The topological polar surface area (TPSA) is 75.6 Å². The lowest BCUT2D eigenvalue weighted by Gasteiger charge is -2.33. The van der Waals surface area contributed by atoms with Gasteiger partial charge in [-0.05, 0) is 63.3 Å². The molecule has 5 rings (SSSR count). The summed E-state index contributed by atoms with van der Waals surface area (Å²) >= 11 is 0. The van der Waals surface area contributed by atoms with Crippen molar-refractivity contribution < 1.29 is 14.3 Å². The number of carbonyl (C=O) groups excluding carboxylic acids is 2. The van der Waals surface area contributed by atoms with E-state index in [1.807, 2.05) is 41.8 Å². The molecular weight excluding hydrogens is 416 g/mol. The number of fused-ring (bicyclic) bond motifs is 2. The zero-order valence-electron chi connectivity index (χ0n) is 19.8. The molecule has 1 atom stereocenters. The first-order chi connectivity index (χ1) is 15.9. The van der Waals surface area contributed by atoms with Gasteiger partial charge < -0.3 is 9.64 Å². The largest absolute Gasteiger partial charge is 0.490 e. The van der Waals surface area contributed by atoms with E-state index in [4.69, 9.17) is 14.7 Å². The Balaban J connectivity index is 1.30. The van der Waals surface area contributed by atoms with Crippen LogP contribution in [0.4, 0.5) is 5.82 Å². The van der Waals surface area contributed by atoms with Crippen molar-refractivity contribution in [1.29, 1.82) is 0 Å². The van der Waals surface area contributed by atoms with Gasteiger partial charge in [-0.2, -0.15) is 0 Å². The third-order valence-electron chi connectivity index (χ3n) is 7.09. The van der Waals surface area contributed by atoms with Crippen LogP contribution in [-0.4, -0.2) is 52.4 Å². The number of hydrogen-bond donors (Lipinski definition) is 0. The molecule has 1 saturated heterocycles. The molecule has 2 aromatic rings. The lowest BCUT2D eigenvalue weighted by atomic mass is 9.94. The zero-order chi connectivity index (χ0) is 23.1. The molecule has 0 aliphatic carbocycles. The van der Waals surface area contributed by atoms with Crippen molar-refractivity contribution in [2.24, 2.45) is 0 Å². The van der Waals surface area contributed by atoms with E-state index in [-0.39, 0.29) is 23.8 Å². The van der Waals surface area contributed by atoms with Gasteiger partial charge in [-0.1, -0.05) is 6.92 Å². The van der Waals surface area contributed by atoms with E-state index in [0.29, 0.717) is 26.1 Å². The standard InChI is InChI=1S/C26H32N4O3/c1-4-11-30-23(31)8-6-21-17(3)27-24(28-25(21)30)18-9-12-29(13-10-18)26(32)19-5-7-22-20(15-19)14-16(2)33-22/h5,7,15-16,18H,4,6,8-14H2,1-3H3/t16-/m0/s1. The summed E-state index contributed by atoms with van der Waals surface area (Å²) in [5.74, 6) is 2.96. The van der Waals surface area contributed by atoms with Gasteiger partial charge in [-0.25, -0.2) is 9.97 Å². The zero-order valence-corrected chi connectivity index (χ0v) is 19.8. The minimum atomic E-state index is 0.0815. The van der Waals surface area contributed by atoms with E-state index in [2.05, 4.69) is 6.92 Å². The van der Waals surface area contributed by atoms with Crippen LogP contribution in [0.15, 0.2) is 18.2 Å². The van der Waals surface area contributed by atoms with Gasteiger partial charge >= 0.3 is 0 Å². The van der Waals surface area contributed by atoms with Gasteiger partial charge in [0.25, 0.3) is 5.91 Å². The average molecular weight is 449 g/mol. The van der Waals surface area contributed by atoms with E-state index < -0.39 is 0 Å². The average Bonchev–Trinajstić information content (AvgIpc) is 3.19. The van der Waals surface area contributed by atoms with Crippen molar-refractivity contribution in [3.63, 3.8) is 0 Å². The Kier molecular flexibility index (Phi) is 5.81. The number of amides is 2. The maximum atomic E-state index is 13.1. The normalized spacial score (nSPS) is 20.5. The van der Waals surface area contributed by atoms with Crippen molar-refractivity contribution >= 4 is 17.6 Å². The number of likely N-dealkylation sites (tertiary alicyclic amines) is 1. The lowest BCUT2D eigenvalue weighted by molar-refractivity contribution is -0.119. The molecular formula is C26H32N4O3. The first-order valence-electron chi connectivity index (χ1n) is 12.2. The van der Waals surface area contributed by atoms with Crippen LogP contribution in [0.5, 0.6) is 5.75 Å². The van der Waals surface area contributed by atoms with E-state index in [1.165, 1.54) is 0 Å². The fourth-order valence-corrected chi connectivity index (χ4v) is 5.32. The fraction of sp³-hybridized carbons (Fsp3) is 0.538. The Labute approximate surface area is 195 Å². The number of hydrogen-bond acceptors (Lipinski definition) is 5. The van der Waals surface area contributed by atoms with Crippen LogP contribution in [0.2, 0.25) is 0 Å². The molecule has 2 amide bonds. The molecule has 3 aliphatic heterocycles. The van der Waals surface area contributed by atoms with Crippen LogP contribution in [0, 0.1) is 6.92 Å². The van der Waals surface area contributed by atoms with E-state index in [1.54, 1.807) is 0 Å². The number of anilines is 1. The fourth-order valence-electron chi connectivity index (χ4n) is 5.32. The van der Waals surface area contributed by atoms with Crippen molar-refractivity contribution in [3.05, 3.63) is 46.4 Å². The molecule has 0 N–H and O–H groups in total. The van der Waals surface area contributed by atoms with Crippen LogP contribution >= 0.6 is 0 Å². The molecule has 1 aromatic heterocycles. The number of aromatic nitrogens is 2. The molecule has 3 aliphatic rings. The Morgan fingerprint density at radius 2 is 1.97 bits per heavy atom. The van der Waals surface area contributed by atoms with Crippen LogP contribution in [0.25, 0.3) is 0 Å². The highest BCUT2D eigenvalue weighted by Gasteiger charge is 2.31. The highest BCUT2D eigenvalue weighted by molar-refractivity contribution is 5.95. The summed E-state index contributed by atoms with van der Waals surface area (Å²) in [5, 5.41) is 0. The van der Waals surface area contributed by atoms with Crippen LogP contribution < -0.4 is 9.64 Å². The second-order valence-corrected chi connectivity index (χ2v) is 9.54. The maximum absolute atomic E-state index is 13.1. The number of rotatable bonds is 4. The predicted octanol–water partition coefficient (Wildman–Crippen LogP) is 3.82. The van der Waals surface area contributed by atoms with Gasteiger partial charge in [0, 0.05) is 55.2 Å². The third-order valence-corrected chi connectivity index (χ3v) is 7.09. The molecule has 7 heteroatoms. The van der Waals surface area contributed by atoms with Crippen molar-refractivity contribution in [1.82, 2.24) is 14.9 Å². The number of carbonyl (C=O) groups is 2. The molecule has 1 aromatic carbocycles.